The van der Waals surface area contributed by atoms with E-state index in [1.165, 1.54) is 6.42 Å². The highest BCUT2D eigenvalue weighted by Crippen LogP contribution is 2.15. The van der Waals surface area contributed by atoms with Crippen LogP contribution in [0.2, 0.25) is 0 Å². The molecule has 21 heavy (non-hydrogen) atoms. The quantitative estimate of drug-likeness (QED) is 0.541. The van der Waals surface area contributed by atoms with Gasteiger partial charge in [0.15, 0.2) is 5.78 Å². The number of hydrogen-bond donors (Lipinski definition) is 0. The van der Waals surface area contributed by atoms with Crippen LogP contribution in [-0.4, -0.2) is 43.0 Å². The number of rotatable bonds is 8. The normalized spacial score (nSPS) is 17.0. The highest BCUT2D eigenvalue weighted by atomic mass is 16.5. The number of carbonyl (C=O) groups is 1. The molecule has 0 N–H and O–H groups in total. The van der Waals surface area contributed by atoms with Crippen molar-refractivity contribution in [3.63, 3.8) is 0 Å². The Labute approximate surface area is 128 Å². The van der Waals surface area contributed by atoms with E-state index in [-0.39, 0.29) is 5.78 Å². The molecular weight excluding hydrogens is 262 g/mol. The van der Waals surface area contributed by atoms with Crippen molar-refractivity contribution in [3.8, 4) is 0 Å². The van der Waals surface area contributed by atoms with Crippen molar-refractivity contribution < 1.29 is 9.53 Å². The maximum Gasteiger partial charge on any atom is 0.164 e. The van der Waals surface area contributed by atoms with E-state index in [1.54, 1.807) is 0 Å². The maximum atomic E-state index is 12.1. The van der Waals surface area contributed by atoms with Crippen molar-refractivity contribution in [2.45, 2.75) is 45.1 Å². The van der Waals surface area contributed by atoms with E-state index >= 15 is 0 Å². The summed E-state index contributed by atoms with van der Waals surface area (Å²) in [7, 11) is 0. The Bertz CT molecular complexity index is 410. The number of benzene rings is 1. The van der Waals surface area contributed by atoms with Gasteiger partial charge in [0, 0.05) is 38.2 Å². The molecule has 1 aliphatic heterocycles. The number of carbonyl (C=O) groups excluding carboxylic acids is 1. The van der Waals surface area contributed by atoms with Gasteiger partial charge in [-0.3, -0.25) is 4.79 Å². The van der Waals surface area contributed by atoms with E-state index in [1.807, 2.05) is 30.3 Å². The highest BCUT2D eigenvalue weighted by molar-refractivity contribution is 5.96. The number of unbranched alkanes of at least 4 members (excludes halogenated alkanes) is 1. The monoisotopic (exact) mass is 289 g/mol. The molecule has 0 spiro atoms. The summed E-state index contributed by atoms with van der Waals surface area (Å²) in [5.41, 5.74) is 0.829. The lowest BCUT2D eigenvalue weighted by Crippen LogP contribution is -2.38. The molecule has 0 bridgehead atoms. The van der Waals surface area contributed by atoms with Crippen molar-refractivity contribution >= 4 is 5.78 Å². The number of nitrogens with zero attached hydrogens (tertiary/aromatic N) is 1. The van der Waals surface area contributed by atoms with E-state index in [2.05, 4.69) is 11.8 Å². The SMILES string of the molecule is CCCCOC1CCN(CCC(=O)c2ccccc2)CC1. The second-order valence-corrected chi connectivity index (χ2v) is 5.80. The van der Waals surface area contributed by atoms with Crippen LogP contribution in [0.5, 0.6) is 0 Å². The summed E-state index contributed by atoms with van der Waals surface area (Å²) in [6.07, 6.45) is 5.60. The summed E-state index contributed by atoms with van der Waals surface area (Å²) in [5, 5.41) is 0. The van der Waals surface area contributed by atoms with E-state index in [0.717, 1.165) is 51.1 Å². The molecule has 0 radical (unpaired) electrons. The van der Waals surface area contributed by atoms with Gasteiger partial charge >= 0.3 is 0 Å². The molecule has 1 heterocycles. The van der Waals surface area contributed by atoms with Gasteiger partial charge in [0.05, 0.1) is 6.10 Å². The standard InChI is InChI=1S/C18H27NO2/c1-2-3-15-21-17-9-12-19(13-10-17)14-11-18(20)16-7-5-4-6-8-16/h4-8,17H,2-3,9-15H2,1H3. The third-order valence-electron chi connectivity index (χ3n) is 4.14. The molecule has 0 atom stereocenters. The van der Waals surface area contributed by atoms with Crippen molar-refractivity contribution in [1.29, 1.82) is 0 Å². The molecular formula is C18H27NO2. The minimum Gasteiger partial charge on any atom is -0.378 e. The van der Waals surface area contributed by atoms with Crippen molar-refractivity contribution in [1.82, 2.24) is 4.90 Å². The lowest BCUT2D eigenvalue weighted by molar-refractivity contribution is 0.00643. The number of piperidine rings is 1. The van der Waals surface area contributed by atoms with Gasteiger partial charge in [-0.05, 0) is 19.3 Å². The van der Waals surface area contributed by atoms with Gasteiger partial charge < -0.3 is 9.64 Å². The Balaban J connectivity index is 1.64. The second kappa shape index (κ2) is 8.96. The zero-order valence-electron chi connectivity index (χ0n) is 13.1. The van der Waals surface area contributed by atoms with Gasteiger partial charge in [-0.1, -0.05) is 43.7 Å². The predicted octanol–water partition coefficient (Wildman–Crippen LogP) is 3.54. The smallest absolute Gasteiger partial charge is 0.164 e. The molecule has 116 valence electrons. The van der Waals surface area contributed by atoms with E-state index < -0.39 is 0 Å². The van der Waals surface area contributed by atoms with Gasteiger partial charge in [0.25, 0.3) is 0 Å². The first-order chi connectivity index (χ1) is 10.3. The molecule has 0 aliphatic carbocycles. The molecule has 1 aromatic rings. The Morgan fingerprint density at radius 2 is 1.95 bits per heavy atom. The fourth-order valence-electron chi connectivity index (χ4n) is 2.72. The zero-order chi connectivity index (χ0) is 14.9. The minimum atomic E-state index is 0.247. The molecule has 0 saturated carbocycles. The second-order valence-electron chi connectivity index (χ2n) is 5.80. The van der Waals surface area contributed by atoms with Crippen LogP contribution in [-0.2, 0) is 4.74 Å². The summed E-state index contributed by atoms with van der Waals surface area (Å²) in [4.78, 5) is 14.5. The molecule has 1 aliphatic rings. The van der Waals surface area contributed by atoms with Crippen LogP contribution in [0.4, 0.5) is 0 Å². The zero-order valence-corrected chi connectivity index (χ0v) is 13.1. The van der Waals surface area contributed by atoms with Crippen LogP contribution >= 0.6 is 0 Å². The van der Waals surface area contributed by atoms with Gasteiger partial charge in [0.2, 0.25) is 0 Å². The first kappa shape index (κ1) is 16.2. The van der Waals surface area contributed by atoms with Crippen LogP contribution < -0.4 is 0 Å². The number of hydrogen-bond acceptors (Lipinski definition) is 3. The van der Waals surface area contributed by atoms with Crippen LogP contribution in [0, 0.1) is 0 Å². The number of Topliss-reactive ketones (excluding diaryl/α,β-unsaturated/α-hetero) is 1. The number of likely N-dealkylation sites (tertiary alicyclic amines) is 1. The number of ether oxygens (including phenoxy) is 1. The summed E-state index contributed by atoms with van der Waals surface area (Å²) >= 11 is 0. The van der Waals surface area contributed by atoms with Gasteiger partial charge in [-0.25, -0.2) is 0 Å². The van der Waals surface area contributed by atoms with Crippen molar-refractivity contribution in [2.24, 2.45) is 0 Å². The molecule has 1 fully saturated rings. The fourth-order valence-corrected chi connectivity index (χ4v) is 2.72. The van der Waals surface area contributed by atoms with Crippen molar-refractivity contribution in [3.05, 3.63) is 35.9 Å². The summed E-state index contributed by atoms with van der Waals surface area (Å²) in [6, 6.07) is 9.59. The Kier molecular flexibility index (Phi) is 6.90. The van der Waals surface area contributed by atoms with E-state index in [4.69, 9.17) is 4.74 Å². The van der Waals surface area contributed by atoms with E-state index in [9.17, 15) is 4.79 Å². The average molecular weight is 289 g/mol. The first-order valence-electron chi connectivity index (χ1n) is 8.22. The van der Waals surface area contributed by atoms with E-state index in [0.29, 0.717) is 12.5 Å². The van der Waals surface area contributed by atoms with Gasteiger partial charge in [-0.15, -0.1) is 0 Å². The largest absolute Gasteiger partial charge is 0.378 e. The molecule has 1 aromatic carbocycles. The third-order valence-corrected chi connectivity index (χ3v) is 4.14. The summed E-state index contributed by atoms with van der Waals surface area (Å²) < 4.78 is 5.87. The molecule has 3 nitrogen and oxygen atoms in total. The minimum absolute atomic E-state index is 0.247. The molecule has 0 amide bonds. The third kappa shape index (κ3) is 5.60. The molecule has 0 aromatic heterocycles. The van der Waals surface area contributed by atoms with Crippen LogP contribution in [0.25, 0.3) is 0 Å². The lowest BCUT2D eigenvalue weighted by Gasteiger charge is -2.31. The fraction of sp³-hybridized carbons (Fsp3) is 0.611. The highest BCUT2D eigenvalue weighted by Gasteiger charge is 2.19. The Hall–Kier alpha value is -1.19. The van der Waals surface area contributed by atoms with Gasteiger partial charge in [-0.2, -0.15) is 0 Å². The molecule has 0 unspecified atom stereocenters. The van der Waals surface area contributed by atoms with Crippen LogP contribution in [0.3, 0.4) is 0 Å². The molecule has 1 saturated heterocycles. The summed E-state index contributed by atoms with van der Waals surface area (Å²) in [6.45, 7) is 6.07. The molecule has 3 heteroatoms. The average Bonchev–Trinajstić information content (AvgIpc) is 2.55. The van der Waals surface area contributed by atoms with Gasteiger partial charge in [0.1, 0.15) is 0 Å². The molecule has 2 rings (SSSR count). The number of ketones is 1. The maximum absolute atomic E-state index is 12.1. The van der Waals surface area contributed by atoms with Crippen molar-refractivity contribution in [2.75, 3.05) is 26.2 Å². The Morgan fingerprint density at radius 3 is 2.62 bits per heavy atom. The van der Waals surface area contributed by atoms with Crippen LogP contribution in [0.1, 0.15) is 49.4 Å². The first-order valence-corrected chi connectivity index (χ1v) is 8.22. The predicted molar refractivity (Wildman–Crippen MR) is 85.7 cm³/mol. The lowest BCUT2D eigenvalue weighted by atomic mass is 10.1. The topological polar surface area (TPSA) is 29.5 Å². The van der Waals surface area contributed by atoms with Crippen LogP contribution in [0.15, 0.2) is 30.3 Å². The Morgan fingerprint density at radius 1 is 1.24 bits per heavy atom. The summed E-state index contributed by atoms with van der Waals surface area (Å²) in [5.74, 6) is 0.247.